The van der Waals surface area contributed by atoms with Crippen molar-refractivity contribution >= 4 is 26.0 Å². The molecule has 7 heteroatoms. The molecular formula is C29H49N3O3Si. The number of rotatable bonds is 9. The van der Waals surface area contributed by atoms with E-state index in [4.69, 9.17) is 14.7 Å². The summed E-state index contributed by atoms with van der Waals surface area (Å²) in [7, 11) is -2.27. The average molecular weight is 516 g/mol. The summed E-state index contributed by atoms with van der Waals surface area (Å²) in [5.41, 5.74) is 2.71. The molecule has 2 N–H and O–H groups in total. The molecule has 1 aromatic rings. The van der Waals surface area contributed by atoms with Gasteiger partial charge in [0.15, 0.2) is 14.2 Å². The molecule has 0 saturated heterocycles. The number of hydrogen-bond acceptors (Lipinski definition) is 5. The standard InChI is InChI=1S/C29H49N3O3Si/c1-20-24(27(2,3)4)32-25(30-20)22-16-14-21(15-17-22)19-23(31-26(33)35-28(5,6)7)13-12-18-29(8,9)36(10,11)34/h14-17,20,23,34H,12-13,18-19H2,1-11H3,(H,31,33)/t20?,23-/m1/s1. The van der Waals surface area contributed by atoms with Crippen molar-refractivity contribution in [2.24, 2.45) is 15.4 Å². The summed E-state index contributed by atoms with van der Waals surface area (Å²) in [6, 6.07) is 8.39. The summed E-state index contributed by atoms with van der Waals surface area (Å²) in [5.74, 6) is 0.792. The van der Waals surface area contributed by atoms with Crippen molar-refractivity contribution in [1.29, 1.82) is 0 Å². The molecule has 1 aliphatic heterocycles. The van der Waals surface area contributed by atoms with E-state index in [1.807, 2.05) is 33.9 Å². The van der Waals surface area contributed by atoms with Gasteiger partial charge in [0.05, 0.1) is 11.8 Å². The minimum absolute atomic E-state index is 0.00649. The predicted molar refractivity (Wildman–Crippen MR) is 154 cm³/mol. The zero-order chi connectivity index (χ0) is 27.5. The number of ether oxygens (including phenoxy) is 1. The van der Waals surface area contributed by atoms with Crippen molar-refractivity contribution in [2.75, 3.05) is 0 Å². The first kappa shape index (κ1) is 30.2. The SMILES string of the molecule is CC1N=C(c2ccc(C[C@@H](CCCC(C)(C)[Si](C)(C)O)NC(=O)OC(C)(C)C)cc2)N=C1C(C)(C)C. The first-order valence-corrected chi connectivity index (χ1v) is 16.2. The summed E-state index contributed by atoms with van der Waals surface area (Å²) >= 11 is 0. The number of carbonyl (C=O) groups is 1. The number of amides is 1. The first-order valence-electron chi connectivity index (χ1n) is 13.3. The third-order valence-electron chi connectivity index (χ3n) is 7.13. The van der Waals surface area contributed by atoms with E-state index in [9.17, 15) is 9.59 Å². The van der Waals surface area contributed by atoms with Gasteiger partial charge < -0.3 is 14.8 Å². The maximum Gasteiger partial charge on any atom is 0.407 e. The third kappa shape index (κ3) is 8.84. The Morgan fingerprint density at radius 1 is 1.08 bits per heavy atom. The molecule has 1 heterocycles. The smallest absolute Gasteiger partial charge is 0.407 e. The van der Waals surface area contributed by atoms with Crippen LogP contribution in [0, 0.1) is 5.41 Å². The Hall–Kier alpha value is -1.99. The maximum absolute atomic E-state index is 12.6. The number of nitrogens with one attached hydrogen (secondary N) is 1. The fourth-order valence-electron chi connectivity index (χ4n) is 4.28. The van der Waals surface area contributed by atoms with Gasteiger partial charge in [-0.05, 0) is 70.7 Å². The first-order chi connectivity index (χ1) is 16.3. The van der Waals surface area contributed by atoms with E-state index < -0.39 is 20.0 Å². The summed E-state index contributed by atoms with van der Waals surface area (Å²) < 4.78 is 5.53. The van der Waals surface area contributed by atoms with Crippen LogP contribution >= 0.6 is 0 Å². The van der Waals surface area contributed by atoms with Gasteiger partial charge in [0.2, 0.25) is 0 Å². The normalized spacial score (nSPS) is 17.9. The molecule has 1 aliphatic rings. The number of alkyl carbamates (subject to hydrolysis) is 1. The number of amidine groups is 1. The molecule has 1 amide bonds. The lowest BCUT2D eigenvalue weighted by Gasteiger charge is -2.35. The predicted octanol–water partition coefficient (Wildman–Crippen LogP) is 6.91. The van der Waals surface area contributed by atoms with Gasteiger partial charge in [-0.15, -0.1) is 0 Å². The van der Waals surface area contributed by atoms with Gasteiger partial charge in [-0.1, -0.05) is 65.3 Å². The second-order valence-electron chi connectivity index (χ2n) is 13.5. The lowest BCUT2D eigenvalue weighted by Crippen LogP contribution is -2.41. The molecule has 0 aromatic heterocycles. The Morgan fingerprint density at radius 2 is 1.67 bits per heavy atom. The van der Waals surface area contributed by atoms with Gasteiger partial charge in [0.25, 0.3) is 0 Å². The zero-order valence-electron chi connectivity index (χ0n) is 24.5. The number of hydrogen-bond donors (Lipinski definition) is 2. The molecular weight excluding hydrogens is 466 g/mol. The molecule has 0 spiro atoms. The molecule has 0 radical (unpaired) electrons. The van der Waals surface area contributed by atoms with Gasteiger partial charge in [0, 0.05) is 17.0 Å². The summed E-state index contributed by atoms with van der Waals surface area (Å²) in [6.45, 7) is 22.5. The van der Waals surface area contributed by atoms with Crippen LogP contribution in [0.5, 0.6) is 0 Å². The van der Waals surface area contributed by atoms with Gasteiger partial charge in [-0.2, -0.15) is 0 Å². The van der Waals surface area contributed by atoms with Crippen LogP contribution in [0.1, 0.15) is 92.7 Å². The lowest BCUT2D eigenvalue weighted by atomic mass is 9.86. The second-order valence-corrected chi connectivity index (χ2v) is 17.9. The monoisotopic (exact) mass is 515 g/mol. The quantitative estimate of drug-likeness (QED) is 0.351. The fraction of sp³-hybridized carbons (Fsp3) is 0.690. The zero-order valence-corrected chi connectivity index (χ0v) is 25.5. The van der Waals surface area contributed by atoms with Gasteiger partial charge >= 0.3 is 6.09 Å². The van der Waals surface area contributed by atoms with Crippen molar-refractivity contribution in [1.82, 2.24) is 5.32 Å². The molecule has 1 unspecified atom stereocenters. The molecule has 1 aromatic carbocycles. The van der Waals surface area contributed by atoms with Gasteiger partial charge in [-0.25, -0.2) is 9.79 Å². The summed E-state index contributed by atoms with van der Waals surface area (Å²) in [4.78, 5) is 32.8. The fourth-order valence-corrected chi connectivity index (χ4v) is 5.07. The summed E-state index contributed by atoms with van der Waals surface area (Å²) in [5, 5.41) is 3.00. The van der Waals surface area contributed by atoms with E-state index in [1.54, 1.807) is 0 Å². The minimum Gasteiger partial charge on any atom is -0.444 e. The second kappa shape index (κ2) is 11.2. The Morgan fingerprint density at radius 3 is 2.14 bits per heavy atom. The van der Waals surface area contributed by atoms with Crippen molar-refractivity contribution in [2.45, 2.75) is 124 Å². The highest BCUT2D eigenvalue weighted by Crippen LogP contribution is 2.40. The van der Waals surface area contributed by atoms with Gasteiger partial charge in [0.1, 0.15) is 5.60 Å². The molecule has 2 atom stereocenters. The van der Waals surface area contributed by atoms with Crippen molar-refractivity contribution < 1.29 is 14.3 Å². The van der Waals surface area contributed by atoms with Crippen LogP contribution in [0.4, 0.5) is 4.79 Å². The Kier molecular flexibility index (Phi) is 9.38. The topological polar surface area (TPSA) is 83.3 Å². The largest absolute Gasteiger partial charge is 0.444 e. The van der Waals surface area contributed by atoms with E-state index >= 15 is 0 Å². The minimum atomic E-state index is -2.27. The van der Waals surface area contributed by atoms with Crippen LogP contribution < -0.4 is 5.32 Å². The van der Waals surface area contributed by atoms with E-state index in [-0.39, 0.29) is 22.5 Å². The van der Waals surface area contributed by atoms with Crippen LogP contribution in [0.25, 0.3) is 0 Å². The molecule has 2 rings (SSSR count). The van der Waals surface area contributed by atoms with Crippen LogP contribution in [-0.4, -0.2) is 48.4 Å². The van der Waals surface area contributed by atoms with Crippen molar-refractivity contribution in [3.8, 4) is 0 Å². The van der Waals surface area contributed by atoms with Crippen LogP contribution in [0.2, 0.25) is 18.1 Å². The Labute approximate surface area is 220 Å². The highest BCUT2D eigenvalue weighted by atomic mass is 28.4. The highest BCUT2D eigenvalue weighted by Gasteiger charge is 2.37. The van der Waals surface area contributed by atoms with E-state index in [2.05, 4.69) is 71.1 Å². The molecule has 0 aliphatic carbocycles. The maximum atomic E-state index is 12.6. The third-order valence-corrected chi connectivity index (χ3v) is 10.7. The number of nitrogens with zero attached hydrogens (tertiary/aromatic N) is 2. The number of benzene rings is 1. The van der Waals surface area contributed by atoms with Gasteiger partial charge in [-0.3, -0.25) is 4.99 Å². The number of aliphatic imine (C=N–C) groups is 2. The molecule has 36 heavy (non-hydrogen) atoms. The number of carbonyl (C=O) groups excluding carboxylic acids is 1. The molecule has 0 fully saturated rings. The van der Waals surface area contributed by atoms with Crippen molar-refractivity contribution in [3.63, 3.8) is 0 Å². The van der Waals surface area contributed by atoms with Crippen LogP contribution in [0.3, 0.4) is 0 Å². The highest BCUT2D eigenvalue weighted by molar-refractivity contribution is 6.72. The average Bonchev–Trinajstić information content (AvgIpc) is 3.08. The molecule has 202 valence electrons. The van der Waals surface area contributed by atoms with E-state index in [0.29, 0.717) is 6.42 Å². The molecule has 0 saturated carbocycles. The Bertz CT molecular complexity index is 961. The summed E-state index contributed by atoms with van der Waals surface area (Å²) in [6.07, 6.45) is 2.97. The van der Waals surface area contributed by atoms with Crippen molar-refractivity contribution in [3.05, 3.63) is 35.4 Å². The lowest BCUT2D eigenvalue weighted by molar-refractivity contribution is 0.0501. The Balaban J connectivity index is 2.12. The molecule has 0 bridgehead atoms. The van der Waals surface area contributed by atoms with Crippen LogP contribution in [0.15, 0.2) is 34.3 Å². The van der Waals surface area contributed by atoms with E-state index in [0.717, 1.165) is 41.9 Å². The molecule has 6 nitrogen and oxygen atoms in total. The van der Waals surface area contributed by atoms with Crippen LogP contribution in [-0.2, 0) is 11.2 Å². The van der Waals surface area contributed by atoms with E-state index in [1.165, 1.54) is 0 Å².